The molecule has 2 amide bonds. The molecule has 32 heavy (non-hydrogen) atoms. The van der Waals surface area contributed by atoms with Crippen LogP contribution in [0.4, 0.5) is 5.69 Å². The molecular formula is C24H23N5O3. The number of pyridine rings is 1. The fraction of sp³-hybridized carbons (Fsp3) is 0.167. The molecular weight excluding hydrogens is 406 g/mol. The summed E-state index contributed by atoms with van der Waals surface area (Å²) < 4.78 is 1.24. The van der Waals surface area contributed by atoms with Gasteiger partial charge in [-0.3, -0.25) is 14.4 Å². The van der Waals surface area contributed by atoms with E-state index in [0.717, 1.165) is 16.7 Å². The first kappa shape index (κ1) is 21.0. The van der Waals surface area contributed by atoms with Crippen LogP contribution in [0.25, 0.3) is 11.0 Å². The summed E-state index contributed by atoms with van der Waals surface area (Å²) in [5.74, 6) is -0.00499. The molecule has 4 aromatic rings. The van der Waals surface area contributed by atoms with Gasteiger partial charge in [-0.05, 0) is 37.3 Å². The van der Waals surface area contributed by atoms with Crippen molar-refractivity contribution in [3.05, 3.63) is 94.7 Å². The van der Waals surface area contributed by atoms with Gasteiger partial charge in [0.1, 0.15) is 12.4 Å². The van der Waals surface area contributed by atoms with Gasteiger partial charge in [-0.25, -0.2) is 4.98 Å². The number of carbonyl (C=O) groups is 2. The number of likely N-dealkylation sites (N-methyl/N-ethyl adjacent to an activating group) is 1. The smallest absolute Gasteiger partial charge is 0.253 e. The largest absolute Gasteiger partial charge is 0.342 e. The van der Waals surface area contributed by atoms with Gasteiger partial charge in [0.05, 0.1) is 22.6 Å². The van der Waals surface area contributed by atoms with E-state index < -0.39 is 0 Å². The molecule has 0 bridgehead atoms. The van der Waals surface area contributed by atoms with Crippen LogP contribution in [0.5, 0.6) is 0 Å². The second-order valence-electron chi connectivity index (χ2n) is 7.51. The number of H-pyrrole nitrogens is 1. The zero-order valence-corrected chi connectivity index (χ0v) is 17.8. The van der Waals surface area contributed by atoms with E-state index in [9.17, 15) is 14.4 Å². The highest BCUT2D eigenvalue weighted by atomic mass is 16.2. The Kier molecular flexibility index (Phi) is 5.85. The highest BCUT2D eigenvalue weighted by Gasteiger charge is 2.17. The lowest BCUT2D eigenvalue weighted by atomic mass is 10.2. The molecule has 0 aliphatic heterocycles. The summed E-state index contributed by atoms with van der Waals surface area (Å²) >= 11 is 0. The van der Waals surface area contributed by atoms with Crippen molar-refractivity contribution in [2.24, 2.45) is 0 Å². The number of imidazole rings is 1. The molecule has 2 aromatic carbocycles. The Balaban J connectivity index is 1.48. The van der Waals surface area contributed by atoms with Crippen molar-refractivity contribution in [1.29, 1.82) is 0 Å². The number of anilines is 1. The minimum atomic E-state index is -0.374. The van der Waals surface area contributed by atoms with Crippen LogP contribution in [0.3, 0.4) is 0 Å². The summed E-state index contributed by atoms with van der Waals surface area (Å²) in [7, 11) is 1.65. The molecule has 0 aliphatic carbocycles. The van der Waals surface area contributed by atoms with Crippen LogP contribution in [0.15, 0.2) is 77.7 Å². The van der Waals surface area contributed by atoms with Gasteiger partial charge in [-0.1, -0.05) is 30.3 Å². The van der Waals surface area contributed by atoms with Gasteiger partial charge in [-0.15, -0.1) is 0 Å². The van der Waals surface area contributed by atoms with Crippen LogP contribution < -0.4 is 15.8 Å². The number of aromatic amines is 1. The number of nitrogens with one attached hydrogen (secondary N) is 2. The van der Waals surface area contributed by atoms with Crippen LogP contribution in [0.1, 0.15) is 29.1 Å². The lowest BCUT2D eigenvalue weighted by Gasteiger charge is -2.18. The van der Waals surface area contributed by atoms with Crippen molar-refractivity contribution >= 4 is 28.5 Å². The standard InChI is InChI=1S/C24H23N5O3/c1-16(23-26-19-10-6-7-11-20(19)27-23)25-24(32)17-12-13-21(30)29(14-17)15-22(31)28(2)18-8-4-3-5-9-18/h3-14,16H,15H2,1-2H3,(H,25,32)(H,26,27)/t16-/m1/s1. The van der Waals surface area contributed by atoms with Crippen molar-refractivity contribution in [3.63, 3.8) is 0 Å². The number of aromatic nitrogens is 3. The molecule has 0 saturated heterocycles. The molecule has 2 heterocycles. The normalized spacial score (nSPS) is 11.8. The predicted molar refractivity (Wildman–Crippen MR) is 123 cm³/mol. The third-order valence-electron chi connectivity index (χ3n) is 5.23. The molecule has 4 rings (SSSR count). The van der Waals surface area contributed by atoms with Gasteiger partial charge in [-0.2, -0.15) is 0 Å². The molecule has 0 radical (unpaired) electrons. The quantitative estimate of drug-likeness (QED) is 0.492. The van der Waals surface area contributed by atoms with Crippen molar-refractivity contribution in [2.75, 3.05) is 11.9 Å². The van der Waals surface area contributed by atoms with Gasteiger partial charge in [0, 0.05) is 25.0 Å². The summed E-state index contributed by atoms with van der Waals surface area (Å²) in [6, 6.07) is 19.1. The zero-order chi connectivity index (χ0) is 22.7. The molecule has 0 aliphatic rings. The topological polar surface area (TPSA) is 100 Å². The van der Waals surface area contributed by atoms with Gasteiger partial charge >= 0.3 is 0 Å². The number of benzene rings is 2. The van der Waals surface area contributed by atoms with Gasteiger partial charge < -0.3 is 19.8 Å². The lowest BCUT2D eigenvalue weighted by molar-refractivity contribution is -0.118. The van der Waals surface area contributed by atoms with E-state index in [1.165, 1.54) is 27.8 Å². The number of para-hydroxylation sites is 3. The third-order valence-corrected chi connectivity index (χ3v) is 5.23. The summed E-state index contributed by atoms with van der Waals surface area (Å²) in [6.07, 6.45) is 1.40. The Morgan fingerprint density at radius 3 is 2.53 bits per heavy atom. The van der Waals surface area contributed by atoms with E-state index in [2.05, 4.69) is 15.3 Å². The number of amides is 2. The number of carbonyl (C=O) groups excluding carboxylic acids is 2. The molecule has 0 saturated carbocycles. The van der Waals surface area contributed by atoms with Gasteiger partial charge in [0.15, 0.2) is 0 Å². The van der Waals surface area contributed by atoms with Crippen LogP contribution in [-0.4, -0.2) is 33.4 Å². The van der Waals surface area contributed by atoms with Crippen LogP contribution in [-0.2, 0) is 11.3 Å². The van der Waals surface area contributed by atoms with Crippen LogP contribution in [0.2, 0.25) is 0 Å². The third kappa shape index (κ3) is 4.44. The summed E-state index contributed by atoms with van der Waals surface area (Å²) in [5, 5.41) is 2.88. The SMILES string of the molecule is C[C@@H](NC(=O)c1ccc(=O)n(CC(=O)N(C)c2ccccc2)c1)c1nc2ccccc2[nH]1. The second kappa shape index (κ2) is 8.89. The molecule has 0 unspecified atom stereocenters. The zero-order valence-electron chi connectivity index (χ0n) is 17.8. The number of hydrogen-bond acceptors (Lipinski definition) is 4. The molecule has 0 fully saturated rings. The average molecular weight is 429 g/mol. The summed E-state index contributed by atoms with van der Waals surface area (Å²) in [5.41, 5.74) is 2.35. The second-order valence-corrected chi connectivity index (χ2v) is 7.51. The van der Waals surface area contributed by atoms with Crippen molar-refractivity contribution in [1.82, 2.24) is 19.9 Å². The molecule has 0 spiro atoms. The van der Waals surface area contributed by atoms with E-state index in [4.69, 9.17) is 0 Å². The fourth-order valence-corrected chi connectivity index (χ4v) is 3.36. The first-order valence-electron chi connectivity index (χ1n) is 10.2. The number of fused-ring (bicyclic) bond motifs is 1. The number of rotatable bonds is 6. The minimum absolute atomic E-state index is 0.176. The van der Waals surface area contributed by atoms with E-state index in [1.807, 2.05) is 61.5 Å². The first-order valence-corrected chi connectivity index (χ1v) is 10.2. The van der Waals surface area contributed by atoms with Gasteiger partial charge in [0.2, 0.25) is 5.91 Å². The lowest BCUT2D eigenvalue weighted by Crippen LogP contribution is -2.34. The molecule has 162 valence electrons. The maximum absolute atomic E-state index is 12.8. The van der Waals surface area contributed by atoms with Crippen LogP contribution in [0, 0.1) is 0 Å². The molecule has 8 heteroatoms. The van der Waals surface area contributed by atoms with E-state index >= 15 is 0 Å². The summed E-state index contributed by atoms with van der Waals surface area (Å²) in [4.78, 5) is 46.9. The Labute approximate surface area is 184 Å². The van der Waals surface area contributed by atoms with E-state index in [1.54, 1.807) is 7.05 Å². The molecule has 2 N–H and O–H groups in total. The molecule has 1 atom stereocenters. The Bertz CT molecular complexity index is 1290. The highest BCUT2D eigenvalue weighted by Crippen LogP contribution is 2.16. The van der Waals surface area contributed by atoms with E-state index in [0.29, 0.717) is 5.82 Å². The fourth-order valence-electron chi connectivity index (χ4n) is 3.36. The number of hydrogen-bond donors (Lipinski definition) is 2. The maximum Gasteiger partial charge on any atom is 0.253 e. The van der Waals surface area contributed by atoms with Gasteiger partial charge in [0.25, 0.3) is 11.5 Å². The van der Waals surface area contributed by atoms with E-state index in [-0.39, 0.29) is 35.5 Å². The minimum Gasteiger partial charge on any atom is -0.342 e. The Morgan fingerprint density at radius 2 is 1.78 bits per heavy atom. The van der Waals surface area contributed by atoms with Crippen LogP contribution >= 0.6 is 0 Å². The molecule has 8 nitrogen and oxygen atoms in total. The Hall–Kier alpha value is -4.20. The average Bonchev–Trinajstić information content (AvgIpc) is 3.25. The van der Waals surface area contributed by atoms with Crippen molar-refractivity contribution in [3.8, 4) is 0 Å². The maximum atomic E-state index is 12.8. The number of nitrogens with zero attached hydrogens (tertiary/aromatic N) is 3. The molecule has 2 aromatic heterocycles. The predicted octanol–water partition coefficient (Wildman–Crippen LogP) is 2.88. The first-order chi connectivity index (χ1) is 15.4. The highest BCUT2D eigenvalue weighted by molar-refractivity contribution is 5.95. The Morgan fingerprint density at radius 1 is 1.06 bits per heavy atom. The van der Waals surface area contributed by atoms with Crippen molar-refractivity contribution < 1.29 is 9.59 Å². The summed E-state index contributed by atoms with van der Waals surface area (Å²) in [6.45, 7) is 1.65. The van der Waals surface area contributed by atoms with Crippen molar-refractivity contribution in [2.45, 2.75) is 19.5 Å². The monoisotopic (exact) mass is 429 g/mol.